The van der Waals surface area contributed by atoms with Gasteiger partial charge in [0.05, 0.1) is 11.3 Å². The summed E-state index contributed by atoms with van der Waals surface area (Å²) in [5.74, 6) is 1.89. The number of rotatable bonds is 3. The van der Waals surface area contributed by atoms with Crippen molar-refractivity contribution in [3.8, 4) is 33.8 Å². The largest absolute Gasteiger partial charge is 0.468 e. The molecule has 0 N–H and O–H groups in total. The van der Waals surface area contributed by atoms with Gasteiger partial charge >= 0.3 is 0 Å². The smallest absolute Gasteiger partial charge is 0.297 e. The molecule has 0 amide bonds. The van der Waals surface area contributed by atoms with Gasteiger partial charge in [0, 0.05) is 39.4 Å². The molecule has 9 aromatic carbocycles. The van der Waals surface area contributed by atoms with Crippen LogP contribution < -0.4 is 51.9 Å². The van der Waals surface area contributed by atoms with Crippen LogP contribution in [0.3, 0.4) is 0 Å². The molecule has 4 aliphatic heterocycles. The van der Waals surface area contributed by atoms with Gasteiger partial charge in [-0.2, -0.15) is 0 Å². The summed E-state index contributed by atoms with van der Waals surface area (Å²) >= 11 is 0. The van der Waals surface area contributed by atoms with Gasteiger partial charge in [-0.15, -0.1) is 0 Å². The van der Waals surface area contributed by atoms with E-state index in [0.717, 1.165) is 50.9 Å². The van der Waals surface area contributed by atoms with Gasteiger partial charge in [-0.1, -0.05) is 225 Å². The number of benzene rings is 9. The van der Waals surface area contributed by atoms with Crippen molar-refractivity contribution in [1.82, 2.24) is 0 Å². The fraction of sp³-hybridized carbons (Fsp3) is 0.263. The lowest BCUT2D eigenvalue weighted by molar-refractivity contribution is 0.487. The highest BCUT2D eigenvalue weighted by Crippen LogP contribution is 2.53. The minimum absolute atomic E-state index is 0.0262. The summed E-state index contributed by atoms with van der Waals surface area (Å²) in [6, 6.07) is 70.2. The zero-order chi connectivity index (χ0) is 57.4. The van der Waals surface area contributed by atoms with E-state index < -0.39 is 8.07 Å². The Balaban J connectivity index is 1.19. The molecule has 0 unspecified atom stereocenters. The molecule has 5 heterocycles. The fourth-order valence-electron chi connectivity index (χ4n) is 14.4. The van der Waals surface area contributed by atoms with Crippen LogP contribution in [0.4, 0.5) is 34.1 Å². The minimum Gasteiger partial charge on any atom is -0.468 e. The SMILES string of the molecule is CC(C)(C)c1ccc(N2c3cc(-c4c(C(C)(C)C)cccc4C(C)(C)C)cc4c3B(c3ccc5c(c32)-c2ccccc2[Si]52c3ccccc3Oc3ccccc32)c2oc3ccc(C(C)(C)C)cc3c2N4c2ccc(C(C)(C)C)cc2)cc1. The summed E-state index contributed by atoms with van der Waals surface area (Å²) in [4.78, 5) is 5.27. The molecule has 0 fully saturated rings. The summed E-state index contributed by atoms with van der Waals surface area (Å²) < 4.78 is 14.6. The first-order valence-corrected chi connectivity index (χ1v) is 31.7. The van der Waals surface area contributed by atoms with Crippen molar-refractivity contribution < 1.29 is 9.15 Å². The summed E-state index contributed by atoms with van der Waals surface area (Å²) in [5, 5.41) is 6.48. The maximum atomic E-state index is 7.65. The number of anilines is 6. The van der Waals surface area contributed by atoms with Gasteiger partial charge in [0.15, 0.2) is 8.07 Å². The average Bonchev–Trinajstić information content (AvgIpc) is 1.42. The number of furan rings is 1. The van der Waals surface area contributed by atoms with E-state index in [1.807, 2.05) is 0 Å². The molecule has 0 saturated heterocycles. The molecule has 4 aliphatic rings. The van der Waals surface area contributed by atoms with E-state index in [1.54, 1.807) is 0 Å². The van der Waals surface area contributed by atoms with Gasteiger partial charge in [-0.05, 0) is 164 Å². The maximum Gasteiger partial charge on any atom is 0.297 e. The van der Waals surface area contributed by atoms with E-state index in [9.17, 15) is 0 Å². The van der Waals surface area contributed by atoms with E-state index >= 15 is 0 Å². The van der Waals surface area contributed by atoms with Crippen LogP contribution in [0.2, 0.25) is 0 Å². The fourth-order valence-corrected chi connectivity index (χ4v) is 19.7. The van der Waals surface area contributed by atoms with E-state index in [4.69, 9.17) is 9.15 Å². The van der Waals surface area contributed by atoms with Crippen molar-refractivity contribution in [2.24, 2.45) is 0 Å². The number of para-hydroxylation sites is 2. The lowest BCUT2D eigenvalue weighted by atomic mass is 9.35. The van der Waals surface area contributed by atoms with Crippen LogP contribution in [-0.2, 0) is 27.1 Å². The third-order valence-corrected chi connectivity index (χ3v) is 23.4. The molecular formula is C76H75BN2O2Si. The average molecular weight is 1090 g/mol. The second-order valence-corrected chi connectivity index (χ2v) is 32.6. The first-order chi connectivity index (χ1) is 38.8. The Labute approximate surface area is 487 Å². The Morgan fingerprint density at radius 3 is 1.41 bits per heavy atom. The third-order valence-electron chi connectivity index (χ3n) is 18.4. The van der Waals surface area contributed by atoms with Crippen LogP contribution in [0.25, 0.3) is 33.2 Å². The van der Waals surface area contributed by atoms with Gasteiger partial charge in [-0.25, -0.2) is 0 Å². The molecule has 0 atom stereocenters. The van der Waals surface area contributed by atoms with Crippen molar-refractivity contribution >= 4 is 97.2 Å². The van der Waals surface area contributed by atoms with E-state index in [-0.39, 0.29) is 33.8 Å². The summed E-state index contributed by atoms with van der Waals surface area (Å²) in [7, 11) is -3.05. The first-order valence-electron chi connectivity index (χ1n) is 29.7. The summed E-state index contributed by atoms with van der Waals surface area (Å²) in [6.45, 7) is 34.8. The van der Waals surface area contributed by atoms with Crippen LogP contribution >= 0.6 is 0 Å². The van der Waals surface area contributed by atoms with Gasteiger partial charge in [0.2, 0.25) is 0 Å². The zero-order valence-electron chi connectivity index (χ0n) is 50.6. The minimum atomic E-state index is -3.05. The van der Waals surface area contributed by atoms with Crippen LogP contribution in [0.15, 0.2) is 186 Å². The molecule has 0 aliphatic carbocycles. The van der Waals surface area contributed by atoms with Gasteiger partial charge in [0.25, 0.3) is 6.71 Å². The quantitative estimate of drug-likeness (QED) is 0.165. The van der Waals surface area contributed by atoms with Crippen LogP contribution in [0.5, 0.6) is 11.5 Å². The monoisotopic (exact) mass is 1090 g/mol. The standard InChI is InChI=1S/C76H75BN2O2Si/c1-72(2,3)47-31-36-50(37-32-47)78-57-43-46(66-54(75(10,11)12)24-22-25-55(66)76(13,14)15)44-58-68(57)77(71-69(78)53-45-49(74(7,8)9)35-41-59(53)81-71)56-40-42-65-67(70(56)79(58)51-38-33-48(34-39-51)73(4,5)6)52-23-16-19-28-62(52)82(65)63-29-20-17-26-60(63)80-61-27-18-21-30-64(61)82/h16-45H,1-15H3. The van der Waals surface area contributed by atoms with Crippen LogP contribution in [-0.4, -0.2) is 14.8 Å². The van der Waals surface area contributed by atoms with E-state index in [1.165, 1.54) is 93.1 Å². The predicted octanol–water partition coefficient (Wildman–Crippen LogP) is 16.1. The molecular weight excluding hydrogens is 1010 g/mol. The Bertz CT molecular complexity index is 4200. The van der Waals surface area contributed by atoms with Crippen molar-refractivity contribution in [3.05, 3.63) is 210 Å². The molecule has 6 heteroatoms. The molecule has 14 rings (SSSR count). The second kappa shape index (κ2) is 17.6. The molecule has 4 nitrogen and oxygen atoms in total. The topological polar surface area (TPSA) is 28.9 Å². The van der Waals surface area contributed by atoms with Crippen molar-refractivity contribution in [3.63, 3.8) is 0 Å². The molecule has 82 heavy (non-hydrogen) atoms. The normalized spacial score (nSPS) is 14.9. The highest BCUT2D eigenvalue weighted by Gasteiger charge is 2.57. The Kier molecular flexibility index (Phi) is 11.2. The predicted molar refractivity (Wildman–Crippen MR) is 352 cm³/mol. The Morgan fingerprint density at radius 1 is 0.402 bits per heavy atom. The van der Waals surface area contributed by atoms with Gasteiger partial charge < -0.3 is 19.0 Å². The molecule has 10 aromatic rings. The molecule has 0 radical (unpaired) electrons. The zero-order valence-corrected chi connectivity index (χ0v) is 51.6. The molecule has 0 saturated carbocycles. The van der Waals surface area contributed by atoms with Crippen LogP contribution in [0, 0.1) is 0 Å². The first kappa shape index (κ1) is 52.3. The van der Waals surface area contributed by atoms with Gasteiger partial charge in [-0.3, -0.25) is 0 Å². The number of fused-ring (bicyclic) bond motifs is 16. The summed E-state index contributed by atoms with van der Waals surface area (Å²) in [6.07, 6.45) is 0. The highest BCUT2D eigenvalue weighted by atomic mass is 28.3. The Morgan fingerprint density at radius 2 is 0.890 bits per heavy atom. The maximum absolute atomic E-state index is 7.65. The lowest BCUT2D eigenvalue weighted by Gasteiger charge is -2.44. The van der Waals surface area contributed by atoms with Crippen molar-refractivity contribution in [2.75, 3.05) is 9.80 Å². The summed E-state index contributed by atoms with van der Waals surface area (Å²) in [5.41, 5.74) is 22.4. The lowest BCUT2D eigenvalue weighted by Crippen LogP contribution is -2.74. The third kappa shape index (κ3) is 7.62. The van der Waals surface area contributed by atoms with E-state index in [2.05, 4.69) is 296 Å². The van der Waals surface area contributed by atoms with Crippen molar-refractivity contribution in [2.45, 2.75) is 131 Å². The van der Waals surface area contributed by atoms with Gasteiger partial charge in [0.1, 0.15) is 17.1 Å². The second-order valence-electron chi connectivity index (χ2n) is 28.9. The van der Waals surface area contributed by atoms with E-state index in [0.29, 0.717) is 0 Å². The van der Waals surface area contributed by atoms with Crippen LogP contribution in [0.1, 0.15) is 132 Å². The number of ether oxygens (including phenoxy) is 1. The number of hydrogen-bond donors (Lipinski definition) is 0. The van der Waals surface area contributed by atoms with Crippen molar-refractivity contribution in [1.29, 1.82) is 0 Å². The molecule has 1 aromatic heterocycles. The number of nitrogens with zero attached hydrogens (tertiary/aromatic N) is 2. The molecule has 1 spiro atoms. The number of hydrogen-bond acceptors (Lipinski definition) is 4. The Hall–Kier alpha value is -7.80. The highest BCUT2D eigenvalue weighted by molar-refractivity contribution is 7.23. The molecule has 0 bridgehead atoms. The molecule has 408 valence electrons.